The quantitative estimate of drug-likeness (QED) is 0.579. The van der Waals surface area contributed by atoms with Crippen LogP contribution >= 0.6 is 0 Å². The summed E-state index contributed by atoms with van der Waals surface area (Å²) >= 11 is 0. The number of sulfone groups is 1. The molecule has 0 saturated carbocycles. The highest BCUT2D eigenvalue weighted by molar-refractivity contribution is 7.94. The summed E-state index contributed by atoms with van der Waals surface area (Å²) in [4.78, 5) is 0.292. The molecular weight excluding hydrogens is 160 g/mol. The molecular formula is C8H5O2S. The Hall–Kier alpha value is -1.09. The first-order valence-corrected chi connectivity index (χ1v) is 4.69. The summed E-state index contributed by atoms with van der Waals surface area (Å²) in [5.41, 5.74) is 0.729. The van der Waals surface area contributed by atoms with E-state index in [1.54, 1.807) is 24.3 Å². The van der Waals surface area contributed by atoms with Crippen molar-refractivity contribution in [2.45, 2.75) is 4.90 Å². The van der Waals surface area contributed by atoms with E-state index in [2.05, 4.69) is 6.07 Å². The van der Waals surface area contributed by atoms with Gasteiger partial charge in [-0.2, -0.15) is 0 Å². The molecule has 1 radical (unpaired) electrons. The van der Waals surface area contributed by atoms with Crippen molar-refractivity contribution >= 4 is 15.9 Å². The second-order valence-corrected chi connectivity index (χ2v) is 4.07. The molecule has 11 heavy (non-hydrogen) atoms. The van der Waals surface area contributed by atoms with Crippen molar-refractivity contribution < 1.29 is 8.42 Å². The maximum atomic E-state index is 11.1. The summed E-state index contributed by atoms with van der Waals surface area (Å²) in [7, 11) is -3.14. The maximum Gasteiger partial charge on any atom is 0.201 e. The smallest absolute Gasteiger partial charge is 0.201 e. The molecule has 2 nitrogen and oxygen atoms in total. The number of rotatable bonds is 0. The number of hydrogen-bond acceptors (Lipinski definition) is 2. The Kier molecular flexibility index (Phi) is 1.17. The molecule has 0 aromatic heterocycles. The van der Waals surface area contributed by atoms with E-state index in [9.17, 15) is 8.42 Å². The maximum absolute atomic E-state index is 11.1. The lowest BCUT2D eigenvalue weighted by Crippen LogP contribution is -1.92. The zero-order valence-corrected chi connectivity index (χ0v) is 6.43. The van der Waals surface area contributed by atoms with Crippen LogP contribution in [0.1, 0.15) is 5.56 Å². The molecule has 1 aromatic carbocycles. The summed E-state index contributed by atoms with van der Waals surface area (Å²) in [6.07, 6.45) is 1.58. The van der Waals surface area contributed by atoms with E-state index in [0.717, 1.165) is 5.56 Å². The largest absolute Gasteiger partial charge is 0.219 e. The molecule has 0 fully saturated rings. The summed E-state index contributed by atoms with van der Waals surface area (Å²) in [6.45, 7) is 0. The number of fused-ring (bicyclic) bond motifs is 1. The molecule has 3 heteroatoms. The lowest BCUT2D eigenvalue weighted by Gasteiger charge is -1.93. The van der Waals surface area contributed by atoms with Crippen LogP contribution in [0.4, 0.5) is 0 Å². The van der Waals surface area contributed by atoms with Crippen molar-refractivity contribution in [1.82, 2.24) is 0 Å². The minimum absolute atomic E-state index is 0.292. The van der Waals surface area contributed by atoms with Crippen molar-refractivity contribution in [2.24, 2.45) is 0 Å². The van der Waals surface area contributed by atoms with Gasteiger partial charge in [0.25, 0.3) is 0 Å². The van der Waals surface area contributed by atoms with E-state index in [1.165, 1.54) is 5.41 Å². The molecule has 1 aromatic rings. The van der Waals surface area contributed by atoms with E-state index in [0.29, 0.717) is 4.90 Å². The Morgan fingerprint density at radius 3 is 2.91 bits per heavy atom. The van der Waals surface area contributed by atoms with Crippen LogP contribution < -0.4 is 0 Å². The third-order valence-electron chi connectivity index (χ3n) is 1.56. The second kappa shape index (κ2) is 1.95. The van der Waals surface area contributed by atoms with E-state index < -0.39 is 9.84 Å². The Morgan fingerprint density at radius 2 is 2.18 bits per heavy atom. The van der Waals surface area contributed by atoms with Gasteiger partial charge in [0.1, 0.15) is 0 Å². The zero-order valence-electron chi connectivity index (χ0n) is 5.61. The van der Waals surface area contributed by atoms with Gasteiger partial charge in [-0.3, -0.25) is 0 Å². The molecule has 0 atom stereocenters. The van der Waals surface area contributed by atoms with Crippen molar-refractivity contribution in [3.63, 3.8) is 0 Å². The van der Waals surface area contributed by atoms with Crippen LogP contribution in [0.2, 0.25) is 0 Å². The van der Waals surface area contributed by atoms with Gasteiger partial charge in [0, 0.05) is 11.5 Å². The minimum atomic E-state index is -3.14. The standard InChI is InChI=1S/C8H5O2S/c9-11(10)6-5-7-3-1-2-4-8(7)11/h1-3,5-6H. The van der Waals surface area contributed by atoms with Crippen molar-refractivity contribution in [3.05, 3.63) is 35.2 Å². The SMILES string of the molecule is O=S1(=O)C=Cc2ccc[c]c21. The fourth-order valence-corrected chi connectivity index (χ4v) is 2.20. The van der Waals surface area contributed by atoms with Crippen molar-refractivity contribution in [3.8, 4) is 0 Å². The predicted octanol–water partition coefficient (Wildman–Crippen LogP) is 1.24. The van der Waals surface area contributed by atoms with Crippen LogP contribution in [0.3, 0.4) is 0 Å². The van der Waals surface area contributed by atoms with Gasteiger partial charge in [0.15, 0.2) is 0 Å². The average Bonchev–Trinajstić information content (AvgIpc) is 2.29. The molecule has 0 unspecified atom stereocenters. The van der Waals surface area contributed by atoms with Gasteiger partial charge in [0.05, 0.1) is 4.90 Å². The highest BCUT2D eigenvalue weighted by Crippen LogP contribution is 2.24. The van der Waals surface area contributed by atoms with Gasteiger partial charge in [-0.25, -0.2) is 8.42 Å². The Bertz CT molecular complexity index is 415. The topological polar surface area (TPSA) is 34.1 Å². The summed E-state index contributed by atoms with van der Waals surface area (Å²) in [6, 6.07) is 7.81. The normalized spacial score (nSPS) is 18.2. The Morgan fingerprint density at radius 1 is 1.36 bits per heavy atom. The molecule has 0 bridgehead atoms. The van der Waals surface area contributed by atoms with Gasteiger partial charge in [-0.05, 0) is 11.6 Å². The molecule has 0 amide bonds. The summed E-state index contributed by atoms with van der Waals surface area (Å²) in [5.74, 6) is 0. The van der Waals surface area contributed by atoms with Crippen molar-refractivity contribution in [1.29, 1.82) is 0 Å². The zero-order chi connectivity index (χ0) is 7.90. The van der Waals surface area contributed by atoms with Crippen LogP contribution in [-0.2, 0) is 9.84 Å². The molecule has 0 aliphatic carbocycles. The van der Waals surface area contributed by atoms with Crippen LogP contribution in [0.15, 0.2) is 28.5 Å². The van der Waals surface area contributed by atoms with Crippen LogP contribution in [-0.4, -0.2) is 8.42 Å². The lowest BCUT2D eigenvalue weighted by molar-refractivity contribution is 0.605. The van der Waals surface area contributed by atoms with Crippen LogP contribution in [0.25, 0.3) is 6.08 Å². The fourth-order valence-electron chi connectivity index (χ4n) is 1.04. The molecule has 0 spiro atoms. The van der Waals surface area contributed by atoms with E-state index in [1.807, 2.05) is 0 Å². The molecule has 1 aliphatic rings. The third kappa shape index (κ3) is 0.886. The fraction of sp³-hybridized carbons (Fsp3) is 0. The van der Waals surface area contributed by atoms with Gasteiger partial charge in [0.2, 0.25) is 9.84 Å². The number of benzene rings is 1. The van der Waals surface area contributed by atoms with E-state index in [-0.39, 0.29) is 0 Å². The highest BCUT2D eigenvalue weighted by Gasteiger charge is 2.19. The van der Waals surface area contributed by atoms with Gasteiger partial charge >= 0.3 is 0 Å². The molecule has 55 valence electrons. The summed E-state index contributed by atoms with van der Waals surface area (Å²) < 4.78 is 22.3. The monoisotopic (exact) mass is 165 g/mol. The van der Waals surface area contributed by atoms with Gasteiger partial charge < -0.3 is 0 Å². The molecule has 0 saturated heterocycles. The molecule has 0 N–H and O–H groups in total. The third-order valence-corrected chi connectivity index (χ3v) is 2.98. The van der Waals surface area contributed by atoms with Gasteiger partial charge in [-0.15, -0.1) is 0 Å². The Labute approximate surface area is 65.1 Å². The summed E-state index contributed by atoms with van der Waals surface area (Å²) in [5, 5.41) is 1.20. The van der Waals surface area contributed by atoms with Gasteiger partial charge in [-0.1, -0.05) is 18.2 Å². The van der Waals surface area contributed by atoms with E-state index in [4.69, 9.17) is 0 Å². The second-order valence-electron chi connectivity index (χ2n) is 2.30. The molecule has 2 rings (SSSR count). The molecule has 1 aliphatic heterocycles. The number of hydrogen-bond donors (Lipinski definition) is 0. The highest BCUT2D eigenvalue weighted by atomic mass is 32.2. The first-order chi connectivity index (χ1) is 5.20. The van der Waals surface area contributed by atoms with Crippen LogP contribution in [0.5, 0.6) is 0 Å². The lowest BCUT2D eigenvalue weighted by atomic mass is 10.2. The van der Waals surface area contributed by atoms with E-state index >= 15 is 0 Å². The minimum Gasteiger partial charge on any atom is -0.219 e. The van der Waals surface area contributed by atoms with Crippen LogP contribution in [0, 0.1) is 6.07 Å². The Balaban J connectivity index is 2.84. The van der Waals surface area contributed by atoms with Crippen molar-refractivity contribution in [2.75, 3.05) is 0 Å². The predicted molar refractivity (Wildman–Crippen MR) is 41.5 cm³/mol. The average molecular weight is 165 g/mol. The first-order valence-electron chi connectivity index (χ1n) is 3.14. The first kappa shape index (κ1) is 6.61. The molecule has 1 heterocycles.